The number of rotatable bonds is 6. The van der Waals surface area contributed by atoms with Crippen LogP contribution in [0, 0.1) is 0 Å². The van der Waals surface area contributed by atoms with Crippen molar-refractivity contribution >= 4 is 22.4 Å². The molecule has 0 saturated heterocycles. The fourth-order valence-corrected chi connectivity index (χ4v) is 4.57. The average Bonchev–Trinajstić information content (AvgIpc) is 2.64. The smallest absolute Gasteiger partial charge is 0.299 e. The summed E-state index contributed by atoms with van der Waals surface area (Å²) in [7, 11) is -4.21. The lowest BCUT2D eigenvalue weighted by molar-refractivity contribution is -0.139. The van der Waals surface area contributed by atoms with Crippen LogP contribution in [0.3, 0.4) is 0 Å². The molecule has 0 spiro atoms. The number of hydrogen-bond donors (Lipinski definition) is 1. The van der Waals surface area contributed by atoms with E-state index in [-0.39, 0.29) is 19.0 Å². The first-order chi connectivity index (χ1) is 12.8. The molecule has 1 N–H and O–H groups in total. The van der Waals surface area contributed by atoms with Gasteiger partial charge < -0.3 is 0 Å². The van der Waals surface area contributed by atoms with Gasteiger partial charge in [-0.3, -0.25) is 4.90 Å². The molecular weight excluding hydrogens is 413 g/mol. The molecule has 1 aliphatic heterocycles. The molecule has 0 radical (unpaired) electrons. The number of benzene rings is 2. The number of alkyl halides is 3. The van der Waals surface area contributed by atoms with Gasteiger partial charge in [-0.1, -0.05) is 36.4 Å². The third kappa shape index (κ3) is 5.47. The molecule has 2 aromatic rings. The summed E-state index contributed by atoms with van der Waals surface area (Å²) in [6, 6.07) is 12.4. The number of fused-ring (bicyclic) bond motifs is 1. The van der Waals surface area contributed by atoms with Crippen molar-refractivity contribution in [3.63, 3.8) is 0 Å². The molecule has 0 aromatic heterocycles. The summed E-state index contributed by atoms with van der Waals surface area (Å²) in [4.78, 5) is 1.49. The fourth-order valence-electron chi connectivity index (χ4n) is 3.27. The van der Waals surface area contributed by atoms with Gasteiger partial charge >= 0.3 is 6.18 Å². The number of halogens is 4. The van der Waals surface area contributed by atoms with Gasteiger partial charge in [0.2, 0.25) is 10.0 Å². The van der Waals surface area contributed by atoms with Crippen molar-refractivity contribution < 1.29 is 21.6 Å². The third-order valence-electron chi connectivity index (χ3n) is 4.63. The topological polar surface area (TPSA) is 49.4 Å². The fraction of sp³-hybridized carbons (Fsp3) is 0.368. The van der Waals surface area contributed by atoms with E-state index < -0.39 is 26.7 Å². The van der Waals surface area contributed by atoms with Gasteiger partial charge in [-0.25, -0.2) is 13.1 Å². The van der Waals surface area contributed by atoms with Gasteiger partial charge in [0.15, 0.2) is 0 Å². The highest BCUT2D eigenvalue weighted by Gasteiger charge is 2.36. The summed E-state index contributed by atoms with van der Waals surface area (Å²) in [5, 5.41) is 0. The van der Waals surface area contributed by atoms with Crippen LogP contribution >= 0.6 is 12.4 Å². The first kappa shape index (κ1) is 22.7. The molecule has 1 heterocycles. The summed E-state index contributed by atoms with van der Waals surface area (Å²) >= 11 is 0. The Bertz CT molecular complexity index is 904. The van der Waals surface area contributed by atoms with Crippen molar-refractivity contribution in [3.8, 4) is 0 Å². The third-order valence-corrected chi connectivity index (χ3v) is 6.15. The van der Waals surface area contributed by atoms with Crippen LogP contribution < -0.4 is 4.72 Å². The number of hydrogen-bond acceptors (Lipinski definition) is 3. The first-order valence-corrected chi connectivity index (χ1v) is 10.2. The summed E-state index contributed by atoms with van der Waals surface area (Å²) in [6.45, 7) is 2.46. The zero-order chi connectivity index (χ0) is 19.5. The highest BCUT2D eigenvalue weighted by Crippen LogP contribution is 2.33. The van der Waals surface area contributed by atoms with E-state index >= 15 is 0 Å². The molecule has 2 aromatic carbocycles. The predicted octanol–water partition coefficient (Wildman–Crippen LogP) is 3.85. The second-order valence-electron chi connectivity index (χ2n) is 6.54. The quantitative estimate of drug-likeness (QED) is 0.702. The van der Waals surface area contributed by atoms with Gasteiger partial charge in [0.1, 0.15) is 0 Å². The van der Waals surface area contributed by atoms with Gasteiger partial charge in [-0.15, -0.1) is 12.4 Å². The molecular formula is C19H22ClF3N2O2S. The lowest BCUT2D eigenvalue weighted by atomic mass is 10.00. The Balaban J connectivity index is 0.00000280. The number of nitrogens with one attached hydrogen (secondary N) is 1. The van der Waals surface area contributed by atoms with E-state index in [4.69, 9.17) is 0 Å². The molecule has 4 nitrogen and oxygen atoms in total. The SMILES string of the molecule is Cl.O=S(=O)(NCCCN1CCc2ccccc2C1)c1ccccc1C(F)(F)F. The molecule has 0 bridgehead atoms. The summed E-state index contributed by atoms with van der Waals surface area (Å²) in [5.41, 5.74) is 1.45. The standard InChI is InChI=1S/C19H21F3N2O2S.ClH/c20-19(21,22)17-8-3-4-9-18(17)27(25,26)23-11-5-12-24-13-10-15-6-1-2-7-16(15)14-24;/h1-4,6-9,23H,5,10-14H2;1H. The minimum atomic E-state index is -4.72. The number of nitrogens with zero attached hydrogens (tertiary/aromatic N) is 1. The first-order valence-electron chi connectivity index (χ1n) is 8.72. The van der Waals surface area contributed by atoms with E-state index in [2.05, 4.69) is 21.8 Å². The second kappa shape index (κ2) is 9.26. The van der Waals surface area contributed by atoms with Crippen molar-refractivity contribution in [3.05, 3.63) is 65.2 Å². The normalized spacial score (nSPS) is 15.0. The Morgan fingerprint density at radius 2 is 1.64 bits per heavy atom. The van der Waals surface area contributed by atoms with E-state index in [1.165, 1.54) is 23.3 Å². The van der Waals surface area contributed by atoms with Crippen LogP contribution in [-0.4, -0.2) is 33.0 Å². The van der Waals surface area contributed by atoms with E-state index in [1.54, 1.807) is 0 Å². The highest BCUT2D eigenvalue weighted by molar-refractivity contribution is 7.89. The summed E-state index contributed by atoms with van der Waals surface area (Å²) < 4.78 is 66.0. The monoisotopic (exact) mass is 434 g/mol. The minimum absolute atomic E-state index is 0. The Morgan fingerprint density at radius 1 is 1.00 bits per heavy atom. The van der Waals surface area contributed by atoms with Crippen LogP contribution in [0.25, 0.3) is 0 Å². The molecule has 0 aliphatic carbocycles. The Kier molecular flexibility index (Phi) is 7.50. The van der Waals surface area contributed by atoms with Crippen LogP contribution in [0.2, 0.25) is 0 Å². The second-order valence-corrected chi connectivity index (χ2v) is 8.28. The van der Waals surface area contributed by atoms with Gasteiger partial charge in [-0.2, -0.15) is 13.2 Å². The van der Waals surface area contributed by atoms with Crippen LogP contribution in [-0.2, 0) is 29.2 Å². The van der Waals surface area contributed by atoms with E-state index in [9.17, 15) is 21.6 Å². The van der Waals surface area contributed by atoms with Crippen molar-refractivity contribution in [2.24, 2.45) is 0 Å². The molecule has 3 rings (SSSR count). The molecule has 0 fully saturated rings. The lowest BCUT2D eigenvalue weighted by Gasteiger charge is -2.28. The van der Waals surface area contributed by atoms with Crippen molar-refractivity contribution in [2.45, 2.75) is 30.5 Å². The zero-order valence-electron chi connectivity index (χ0n) is 15.1. The van der Waals surface area contributed by atoms with E-state index in [0.29, 0.717) is 13.0 Å². The molecule has 0 unspecified atom stereocenters. The van der Waals surface area contributed by atoms with E-state index in [1.807, 2.05) is 12.1 Å². The maximum atomic E-state index is 13.0. The predicted molar refractivity (Wildman–Crippen MR) is 104 cm³/mol. The maximum Gasteiger partial charge on any atom is 0.417 e. The van der Waals surface area contributed by atoms with Crippen molar-refractivity contribution in [1.29, 1.82) is 0 Å². The molecule has 0 amide bonds. The molecule has 28 heavy (non-hydrogen) atoms. The average molecular weight is 435 g/mol. The Labute approximate surface area is 169 Å². The number of sulfonamides is 1. The van der Waals surface area contributed by atoms with Crippen LogP contribution in [0.4, 0.5) is 13.2 Å². The van der Waals surface area contributed by atoms with Crippen LogP contribution in [0.5, 0.6) is 0 Å². The molecule has 1 aliphatic rings. The highest BCUT2D eigenvalue weighted by atomic mass is 35.5. The molecule has 0 saturated carbocycles. The van der Waals surface area contributed by atoms with Gasteiger partial charge in [0.25, 0.3) is 0 Å². The maximum absolute atomic E-state index is 13.0. The zero-order valence-corrected chi connectivity index (χ0v) is 16.7. The summed E-state index contributed by atoms with van der Waals surface area (Å²) in [6.07, 6.45) is -3.25. The molecule has 154 valence electrons. The van der Waals surface area contributed by atoms with Crippen molar-refractivity contribution in [2.75, 3.05) is 19.6 Å². The minimum Gasteiger partial charge on any atom is -0.299 e. The van der Waals surface area contributed by atoms with E-state index in [0.717, 1.165) is 31.6 Å². The Morgan fingerprint density at radius 3 is 2.36 bits per heavy atom. The lowest BCUT2D eigenvalue weighted by Crippen LogP contribution is -2.34. The largest absolute Gasteiger partial charge is 0.417 e. The van der Waals surface area contributed by atoms with Gasteiger partial charge in [0.05, 0.1) is 10.5 Å². The van der Waals surface area contributed by atoms with Crippen molar-refractivity contribution in [1.82, 2.24) is 9.62 Å². The Hall–Kier alpha value is -1.61. The molecule has 9 heteroatoms. The van der Waals surface area contributed by atoms with Gasteiger partial charge in [0, 0.05) is 19.6 Å². The van der Waals surface area contributed by atoms with Crippen LogP contribution in [0.1, 0.15) is 23.1 Å². The van der Waals surface area contributed by atoms with Gasteiger partial charge in [-0.05, 0) is 42.6 Å². The molecule has 0 atom stereocenters. The van der Waals surface area contributed by atoms with Crippen LogP contribution in [0.15, 0.2) is 53.4 Å². The summed E-state index contributed by atoms with van der Waals surface area (Å²) in [5.74, 6) is 0.